The van der Waals surface area contributed by atoms with Gasteiger partial charge in [-0.05, 0) is 12.5 Å². The number of aliphatic carboxylic acids is 1. The highest BCUT2D eigenvalue weighted by molar-refractivity contribution is 7.49. The predicted molar refractivity (Wildman–Crippen MR) is 67.1 cm³/mol. The predicted octanol–water partition coefficient (Wildman–Crippen LogP) is 0.415. The monoisotopic (exact) mass is 289 g/mol. The third kappa shape index (κ3) is 4.41. The summed E-state index contributed by atoms with van der Waals surface area (Å²) in [6.45, 7) is 0.902. The first-order valence-corrected chi connectivity index (χ1v) is 7.07. The number of benzene rings is 1. The average Bonchev–Trinajstić information content (AvgIpc) is 2.27. The van der Waals surface area contributed by atoms with Crippen LogP contribution in [0, 0.1) is 0 Å². The zero-order chi connectivity index (χ0) is 14.6. The quantitative estimate of drug-likeness (QED) is 0.560. The highest BCUT2D eigenvalue weighted by Gasteiger charge is 2.40. The van der Waals surface area contributed by atoms with Crippen molar-refractivity contribution in [3.05, 3.63) is 35.9 Å². The van der Waals surface area contributed by atoms with Gasteiger partial charge in [0, 0.05) is 6.54 Å². The van der Waals surface area contributed by atoms with E-state index < -0.39 is 25.9 Å². The summed E-state index contributed by atoms with van der Waals surface area (Å²) in [4.78, 5) is 29.6. The van der Waals surface area contributed by atoms with E-state index in [0.717, 1.165) is 0 Å². The Morgan fingerprint density at radius 2 is 1.84 bits per heavy atom. The second-order valence-electron chi connectivity index (χ2n) is 4.12. The number of nitrogens with zero attached hydrogens (tertiary/aromatic N) is 1. The van der Waals surface area contributed by atoms with E-state index >= 15 is 0 Å². The number of aliphatic hydroxyl groups is 1. The molecule has 0 saturated heterocycles. The van der Waals surface area contributed by atoms with Crippen molar-refractivity contribution < 1.29 is 29.4 Å². The molecule has 8 heteroatoms. The maximum Gasteiger partial charge on any atom is 0.404 e. The molecule has 0 fully saturated rings. The van der Waals surface area contributed by atoms with Crippen LogP contribution in [0.15, 0.2) is 30.3 Å². The van der Waals surface area contributed by atoms with Crippen LogP contribution in [0.1, 0.15) is 12.5 Å². The van der Waals surface area contributed by atoms with Crippen molar-refractivity contribution in [3.63, 3.8) is 0 Å². The van der Waals surface area contributed by atoms with Gasteiger partial charge in [-0.15, -0.1) is 0 Å². The Labute approximate surface area is 110 Å². The maximum absolute atomic E-state index is 11.4. The first-order chi connectivity index (χ1) is 8.73. The van der Waals surface area contributed by atoms with Gasteiger partial charge in [0.05, 0.1) is 6.10 Å². The first kappa shape index (κ1) is 15.8. The van der Waals surface area contributed by atoms with Gasteiger partial charge < -0.3 is 20.0 Å². The van der Waals surface area contributed by atoms with Crippen molar-refractivity contribution in [3.8, 4) is 0 Å². The van der Waals surface area contributed by atoms with Crippen LogP contribution >= 0.6 is 7.75 Å². The van der Waals surface area contributed by atoms with Gasteiger partial charge >= 0.3 is 13.7 Å². The number of carboxylic acids is 1. The molecule has 0 aliphatic heterocycles. The number of hydrogen-bond acceptors (Lipinski definition) is 3. The first-order valence-electron chi connectivity index (χ1n) is 5.51. The molecule has 0 heterocycles. The van der Waals surface area contributed by atoms with Crippen LogP contribution < -0.4 is 0 Å². The van der Waals surface area contributed by atoms with Crippen LogP contribution in [0.4, 0.5) is 0 Å². The van der Waals surface area contributed by atoms with E-state index in [2.05, 4.69) is 0 Å². The third-order valence-corrected chi connectivity index (χ3v) is 3.61. The minimum atomic E-state index is -4.81. The Morgan fingerprint density at radius 1 is 1.32 bits per heavy atom. The lowest BCUT2D eigenvalue weighted by atomic mass is 10.1. The number of hydrogen-bond donors (Lipinski definition) is 4. The van der Waals surface area contributed by atoms with E-state index in [1.54, 1.807) is 30.3 Å². The Morgan fingerprint density at radius 3 is 2.21 bits per heavy atom. The lowest BCUT2D eigenvalue weighted by Gasteiger charge is -2.30. The standard InChI is InChI=1S/C11H16NO6P/c1-8(13)10(11(14)15)12(19(16,17)18)7-9-5-3-2-4-6-9/h2-6,8,10,13H,7H2,1H3,(H,14,15)(H2,16,17,18)/t8-,10+/m1/s1. The molecule has 0 aliphatic carbocycles. The Hall–Kier alpha value is -1.24. The van der Waals surface area contributed by atoms with Gasteiger partial charge in [0.15, 0.2) is 0 Å². The molecule has 106 valence electrons. The van der Waals surface area contributed by atoms with Crippen LogP contribution in [0.25, 0.3) is 0 Å². The Bertz CT molecular complexity index is 471. The molecular formula is C11H16NO6P. The molecule has 0 saturated carbocycles. The molecule has 19 heavy (non-hydrogen) atoms. The Balaban J connectivity index is 3.08. The zero-order valence-electron chi connectivity index (χ0n) is 10.2. The molecule has 0 aliphatic rings. The summed E-state index contributed by atoms with van der Waals surface area (Å²) in [5.74, 6) is -1.49. The maximum atomic E-state index is 11.4. The molecule has 0 unspecified atom stereocenters. The SMILES string of the molecule is C[C@@H](O)[C@@H](C(=O)O)N(Cc1ccccc1)P(=O)(O)O. The fourth-order valence-electron chi connectivity index (χ4n) is 1.71. The van der Waals surface area contributed by atoms with E-state index in [-0.39, 0.29) is 6.54 Å². The van der Waals surface area contributed by atoms with Gasteiger partial charge in [-0.25, -0.2) is 4.57 Å². The number of aliphatic hydroxyl groups excluding tert-OH is 1. The van der Waals surface area contributed by atoms with Crippen molar-refractivity contribution in [1.82, 2.24) is 4.67 Å². The normalized spacial score (nSPS) is 15.2. The highest BCUT2D eigenvalue weighted by atomic mass is 31.2. The molecule has 4 N–H and O–H groups in total. The van der Waals surface area contributed by atoms with Gasteiger partial charge in [-0.3, -0.25) is 4.79 Å². The lowest BCUT2D eigenvalue weighted by molar-refractivity contribution is -0.145. The third-order valence-electron chi connectivity index (χ3n) is 2.55. The van der Waals surface area contributed by atoms with Crippen molar-refractivity contribution >= 4 is 13.7 Å². The van der Waals surface area contributed by atoms with Crippen LogP contribution in [-0.4, -0.2) is 42.8 Å². The Kier molecular flexibility index (Phi) is 5.22. The smallest absolute Gasteiger partial charge is 0.404 e. The summed E-state index contributed by atoms with van der Waals surface area (Å²) >= 11 is 0. The van der Waals surface area contributed by atoms with E-state index in [0.29, 0.717) is 10.2 Å². The summed E-state index contributed by atoms with van der Waals surface area (Å²) in [6, 6.07) is 6.62. The van der Waals surface area contributed by atoms with Crippen LogP contribution in [0.2, 0.25) is 0 Å². The summed E-state index contributed by atoms with van der Waals surface area (Å²) in [7, 11) is -4.81. The average molecular weight is 289 g/mol. The van der Waals surface area contributed by atoms with Crippen molar-refractivity contribution in [2.24, 2.45) is 0 Å². The lowest BCUT2D eigenvalue weighted by Crippen LogP contribution is -2.45. The number of rotatable bonds is 6. The van der Waals surface area contributed by atoms with Gasteiger partial charge in [0.25, 0.3) is 0 Å². The molecule has 1 rings (SSSR count). The second-order valence-corrected chi connectivity index (χ2v) is 5.66. The molecular weight excluding hydrogens is 273 g/mol. The molecule has 0 bridgehead atoms. The molecule has 2 atom stereocenters. The zero-order valence-corrected chi connectivity index (χ0v) is 11.1. The largest absolute Gasteiger partial charge is 0.480 e. The van der Waals surface area contributed by atoms with Crippen molar-refractivity contribution in [1.29, 1.82) is 0 Å². The van der Waals surface area contributed by atoms with Crippen LogP contribution in [0.3, 0.4) is 0 Å². The summed E-state index contributed by atoms with van der Waals surface area (Å²) in [5.41, 5.74) is 0.540. The fourth-order valence-corrected chi connectivity index (χ4v) is 2.67. The second kappa shape index (κ2) is 6.27. The summed E-state index contributed by atoms with van der Waals surface area (Å²) in [5, 5.41) is 18.4. The van der Waals surface area contributed by atoms with Gasteiger partial charge in [-0.1, -0.05) is 30.3 Å². The molecule has 7 nitrogen and oxygen atoms in total. The van der Waals surface area contributed by atoms with Crippen LogP contribution in [0.5, 0.6) is 0 Å². The van der Waals surface area contributed by atoms with Gasteiger partial charge in [0.1, 0.15) is 6.04 Å². The van der Waals surface area contributed by atoms with Crippen LogP contribution in [-0.2, 0) is 15.9 Å². The topological polar surface area (TPSA) is 118 Å². The molecule has 0 radical (unpaired) electrons. The van der Waals surface area contributed by atoms with Crippen molar-refractivity contribution in [2.75, 3.05) is 0 Å². The summed E-state index contributed by atoms with van der Waals surface area (Å²) < 4.78 is 11.9. The molecule has 0 spiro atoms. The highest BCUT2D eigenvalue weighted by Crippen LogP contribution is 2.43. The molecule has 1 aromatic rings. The number of carbonyl (C=O) groups is 1. The fraction of sp³-hybridized carbons (Fsp3) is 0.364. The van der Waals surface area contributed by atoms with E-state index in [1.165, 1.54) is 6.92 Å². The molecule has 0 aromatic heterocycles. The molecule has 0 amide bonds. The van der Waals surface area contributed by atoms with E-state index in [9.17, 15) is 24.3 Å². The minimum absolute atomic E-state index is 0.271. The van der Waals surface area contributed by atoms with Gasteiger partial charge in [-0.2, -0.15) is 4.67 Å². The minimum Gasteiger partial charge on any atom is -0.480 e. The van der Waals surface area contributed by atoms with E-state index in [4.69, 9.17) is 5.11 Å². The van der Waals surface area contributed by atoms with Crippen molar-refractivity contribution in [2.45, 2.75) is 25.6 Å². The summed E-state index contributed by atoms with van der Waals surface area (Å²) in [6.07, 6.45) is -1.42. The molecule has 1 aromatic carbocycles. The number of carboxylic acid groups (broad SMARTS) is 1. The van der Waals surface area contributed by atoms with E-state index in [1.807, 2.05) is 0 Å². The van der Waals surface area contributed by atoms with Gasteiger partial charge in [0.2, 0.25) is 0 Å².